The van der Waals surface area contributed by atoms with Gasteiger partial charge in [-0.15, -0.1) is 0 Å². The number of rotatable bonds is 5. The fourth-order valence-corrected chi connectivity index (χ4v) is 2.35. The van der Waals surface area contributed by atoms with E-state index in [1.54, 1.807) is 31.2 Å². The normalized spacial score (nSPS) is 15.3. The van der Waals surface area contributed by atoms with Crippen LogP contribution in [-0.4, -0.2) is 24.3 Å². The van der Waals surface area contributed by atoms with E-state index in [2.05, 4.69) is 0 Å². The predicted molar refractivity (Wildman–Crippen MR) is 89.1 cm³/mol. The predicted octanol–water partition coefficient (Wildman–Crippen LogP) is 1.32. The van der Waals surface area contributed by atoms with E-state index in [0.29, 0.717) is 29.3 Å². The third kappa shape index (κ3) is 3.36. The summed E-state index contributed by atoms with van der Waals surface area (Å²) in [6.45, 7) is 1.87. The molecule has 7 heteroatoms. The number of benzene rings is 2. The summed E-state index contributed by atoms with van der Waals surface area (Å²) in [7, 11) is -1.08. The first kappa shape index (κ1) is 16.3. The highest BCUT2D eigenvalue weighted by Gasteiger charge is 2.34. The van der Waals surface area contributed by atoms with Crippen molar-refractivity contribution in [1.29, 1.82) is 5.26 Å². The number of nitrogens with zero attached hydrogens (tertiary/aromatic N) is 1. The Morgan fingerprint density at radius 2 is 2.08 bits per heavy atom. The van der Waals surface area contributed by atoms with E-state index in [-0.39, 0.29) is 6.61 Å². The molecule has 3 N–H and O–H groups in total. The zero-order valence-electron chi connectivity index (χ0n) is 13.2. The molecular weight excluding hydrogens is 307 g/mol. The molecule has 2 aromatic carbocycles. The third-order valence-corrected chi connectivity index (χ3v) is 3.64. The first-order chi connectivity index (χ1) is 11.5. The molecule has 0 saturated carbocycles. The summed E-state index contributed by atoms with van der Waals surface area (Å²) in [6.07, 6.45) is 0. The van der Waals surface area contributed by atoms with Crippen LogP contribution in [0.3, 0.4) is 0 Å². The molecule has 24 heavy (non-hydrogen) atoms. The Bertz CT molecular complexity index is 774. The molecule has 6 nitrogen and oxygen atoms in total. The number of hydrogen-bond donors (Lipinski definition) is 2. The first-order valence-corrected chi connectivity index (χ1v) is 7.51. The number of nitrogens with two attached hydrogens (primary N) is 1. The Hall–Kier alpha value is -2.53. The van der Waals surface area contributed by atoms with Crippen LogP contribution in [0.15, 0.2) is 42.5 Å². The minimum atomic E-state index is -1.13. The van der Waals surface area contributed by atoms with Crippen molar-refractivity contribution in [2.24, 2.45) is 5.73 Å². The van der Waals surface area contributed by atoms with Crippen LogP contribution in [0.4, 0.5) is 0 Å². The quantitative estimate of drug-likeness (QED) is 0.805. The first-order valence-electron chi connectivity index (χ1n) is 7.51. The monoisotopic (exact) mass is 324 g/mol. The van der Waals surface area contributed by atoms with Crippen LogP contribution >= 0.6 is 0 Å². The average Bonchev–Trinajstić information content (AvgIpc) is 2.96. The van der Waals surface area contributed by atoms with Crippen LogP contribution in [-0.2, 0) is 11.3 Å². The summed E-state index contributed by atoms with van der Waals surface area (Å²) in [5.74, 6) is 1.37. The van der Waals surface area contributed by atoms with Gasteiger partial charge in [0.25, 0.3) is 0 Å². The molecule has 0 fully saturated rings. The van der Waals surface area contributed by atoms with Crippen LogP contribution in [0.2, 0.25) is 0 Å². The molecule has 0 amide bonds. The zero-order valence-corrected chi connectivity index (χ0v) is 13.2. The van der Waals surface area contributed by atoms with Crippen molar-refractivity contribution in [2.75, 3.05) is 6.61 Å². The number of ether oxygens (including phenoxy) is 2. The van der Waals surface area contributed by atoms with Gasteiger partial charge in [0.05, 0.1) is 12.7 Å². The van der Waals surface area contributed by atoms with E-state index in [4.69, 9.17) is 25.1 Å². The summed E-state index contributed by atoms with van der Waals surface area (Å²) in [6, 6.07) is 14.7. The number of para-hydroxylation sites is 1. The van der Waals surface area contributed by atoms with Crippen LogP contribution in [0.5, 0.6) is 17.2 Å². The van der Waals surface area contributed by atoms with Crippen LogP contribution in [0.25, 0.3) is 0 Å². The maximum atomic E-state index is 10.1. The highest BCUT2D eigenvalue weighted by Crippen LogP contribution is 2.33. The van der Waals surface area contributed by atoms with Gasteiger partial charge in [-0.25, -0.2) is 0 Å². The standard InChI is InChI=1S/C17H17BN2O4/c1-17(20,10-19)11-22-14-8-7-12-9-23-18(21)15(12)16(14)24-13-5-3-2-4-6-13/h2-8,21H,9,11,20H2,1H3/t17-/m1/s1. The molecule has 1 atom stereocenters. The summed E-state index contributed by atoms with van der Waals surface area (Å²) in [4.78, 5) is 0. The van der Waals surface area contributed by atoms with Crippen LogP contribution in [0.1, 0.15) is 12.5 Å². The van der Waals surface area contributed by atoms with Crippen molar-refractivity contribution < 1.29 is 19.2 Å². The van der Waals surface area contributed by atoms with Gasteiger partial charge in [-0.05, 0) is 30.7 Å². The molecule has 122 valence electrons. The molecule has 0 aromatic heterocycles. The van der Waals surface area contributed by atoms with Gasteiger partial charge in [-0.2, -0.15) is 5.26 Å². The van der Waals surface area contributed by atoms with Gasteiger partial charge < -0.3 is 24.9 Å². The molecule has 0 bridgehead atoms. The van der Waals surface area contributed by atoms with Gasteiger partial charge in [-0.1, -0.05) is 24.3 Å². The highest BCUT2D eigenvalue weighted by molar-refractivity contribution is 6.62. The number of hydrogen-bond acceptors (Lipinski definition) is 6. The lowest BCUT2D eigenvalue weighted by molar-refractivity contribution is 0.256. The lowest BCUT2D eigenvalue weighted by atomic mass is 9.78. The van der Waals surface area contributed by atoms with Crippen molar-refractivity contribution in [1.82, 2.24) is 0 Å². The van der Waals surface area contributed by atoms with Crippen molar-refractivity contribution in [3.8, 4) is 23.3 Å². The van der Waals surface area contributed by atoms with Gasteiger partial charge >= 0.3 is 7.12 Å². The SMILES string of the molecule is C[C@@](N)(C#N)COc1ccc2c(c1Oc1ccccc1)B(O)OC2. The molecular formula is C17H17BN2O4. The zero-order chi connectivity index (χ0) is 17.2. The maximum absolute atomic E-state index is 10.1. The Morgan fingerprint density at radius 1 is 1.33 bits per heavy atom. The number of fused-ring (bicyclic) bond motifs is 1. The van der Waals surface area contributed by atoms with E-state index >= 15 is 0 Å². The van der Waals surface area contributed by atoms with E-state index in [0.717, 1.165) is 5.56 Å². The van der Waals surface area contributed by atoms with Crippen molar-refractivity contribution in [3.63, 3.8) is 0 Å². The molecule has 1 aliphatic rings. The summed E-state index contributed by atoms with van der Waals surface area (Å²) < 4.78 is 16.9. The van der Waals surface area contributed by atoms with E-state index in [9.17, 15) is 5.02 Å². The minimum Gasteiger partial charge on any atom is -0.487 e. The molecule has 1 heterocycles. The van der Waals surface area contributed by atoms with Crippen LogP contribution < -0.4 is 20.7 Å². The average molecular weight is 324 g/mol. The summed E-state index contributed by atoms with van der Waals surface area (Å²) in [5.41, 5.74) is 6.04. The van der Waals surface area contributed by atoms with Crippen molar-refractivity contribution >= 4 is 12.6 Å². The number of nitriles is 1. The van der Waals surface area contributed by atoms with E-state index in [1.807, 2.05) is 24.3 Å². The topological polar surface area (TPSA) is 97.7 Å². The molecule has 0 radical (unpaired) electrons. The summed E-state index contributed by atoms with van der Waals surface area (Å²) >= 11 is 0. The molecule has 0 saturated heterocycles. The largest absolute Gasteiger partial charge is 0.495 e. The second-order valence-electron chi connectivity index (χ2n) is 5.86. The summed E-state index contributed by atoms with van der Waals surface area (Å²) in [5, 5.41) is 19.1. The lowest BCUT2D eigenvalue weighted by Crippen LogP contribution is -2.41. The Balaban J connectivity index is 1.96. The third-order valence-electron chi connectivity index (χ3n) is 3.64. The second-order valence-corrected chi connectivity index (χ2v) is 5.86. The minimum absolute atomic E-state index is 0.00953. The van der Waals surface area contributed by atoms with Gasteiger partial charge in [0.15, 0.2) is 11.5 Å². The highest BCUT2D eigenvalue weighted by atomic mass is 16.5. The fourth-order valence-electron chi connectivity index (χ4n) is 2.35. The maximum Gasteiger partial charge on any atom is 0.495 e. The lowest BCUT2D eigenvalue weighted by Gasteiger charge is -2.20. The molecule has 1 aliphatic heterocycles. The van der Waals surface area contributed by atoms with Gasteiger partial charge in [0.1, 0.15) is 17.9 Å². The Morgan fingerprint density at radius 3 is 2.79 bits per heavy atom. The van der Waals surface area contributed by atoms with Gasteiger partial charge in [0.2, 0.25) is 0 Å². The van der Waals surface area contributed by atoms with Gasteiger partial charge in [0, 0.05) is 5.46 Å². The molecule has 0 unspecified atom stereocenters. The molecule has 3 rings (SSSR count). The van der Waals surface area contributed by atoms with Crippen LogP contribution in [0, 0.1) is 11.3 Å². The van der Waals surface area contributed by atoms with E-state index in [1.165, 1.54) is 0 Å². The molecule has 2 aromatic rings. The van der Waals surface area contributed by atoms with E-state index < -0.39 is 12.7 Å². The molecule has 0 spiro atoms. The van der Waals surface area contributed by atoms with Crippen molar-refractivity contribution in [3.05, 3.63) is 48.0 Å². The Kier molecular flexibility index (Phi) is 4.45. The Labute approximate surface area is 140 Å². The van der Waals surface area contributed by atoms with Crippen molar-refractivity contribution in [2.45, 2.75) is 19.1 Å². The molecule has 0 aliphatic carbocycles. The fraction of sp³-hybridized carbons (Fsp3) is 0.235. The smallest absolute Gasteiger partial charge is 0.487 e. The van der Waals surface area contributed by atoms with Gasteiger partial charge in [-0.3, -0.25) is 0 Å². The second kappa shape index (κ2) is 6.53.